The molecule has 1 aliphatic carbocycles. The molecule has 1 N–H and O–H groups in total. The fourth-order valence-electron chi connectivity index (χ4n) is 2.87. The Hall–Kier alpha value is -1.61. The third kappa shape index (κ3) is 3.35. The van der Waals surface area contributed by atoms with Gasteiger partial charge in [-0.1, -0.05) is 36.8 Å². The quantitative estimate of drug-likeness (QED) is 0.830. The molecule has 1 aliphatic rings. The third-order valence-electron chi connectivity index (χ3n) is 4.12. The van der Waals surface area contributed by atoms with Gasteiger partial charge in [-0.3, -0.25) is 4.79 Å². The van der Waals surface area contributed by atoms with Gasteiger partial charge in [0, 0.05) is 4.88 Å². The van der Waals surface area contributed by atoms with Gasteiger partial charge in [0.1, 0.15) is 0 Å². The van der Waals surface area contributed by atoms with Crippen LogP contribution in [0.4, 0.5) is 0 Å². The Morgan fingerprint density at radius 1 is 1.14 bits per heavy atom. The van der Waals surface area contributed by atoms with E-state index in [1.54, 1.807) is 11.3 Å². The highest BCUT2D eigenvalue weighted by Gasteiger charge is 2.18. The Bertz CT molecular complexity index is 594. The lowest BCUT2D eigenvalue weighted by Gasteiger charge is -2.13. The summed E-state index contributed by atoms with van der Waals surface area (Å²) < 4.78 is 0. The lowest BCUT2D eigenvalue weighted by atomic mass is 10.1. The van der Waals surface area contributed by atoms with Gasteiger partial charge in [0.15, 0.2) is 0 Å². The summed E-state index contributed by atoms with van der Waals surface area (Å²) in [5.41, 5.74) is 2.54. The number of thiophene rings is 1. The van der Waals surface area contributed by atoms with Crippen molar-refractivity contribution in [2.24, 2.45) is 0 Å². The zero-order valence-corrected chi connectivity index (χ0v) is 13.2. The number of carbonyl (C=O) groups is 1. The van der Waals surface area contributed by atoms with Crippen LogP contribution in [0.2, 0.25) is 0 Å². The van der Waals surface area contributed by atoms with Crippen LogP contribution < -0.4 is 5.32 Å². The second-order valence-electron chi connectivity index (χ2n) is 5.73. The van der Waals surface area contributed by atoms with E-state index in [1.807, 2.05) is 25.1 Å². The van der Waals surface area contributed by atoms with Crippen molar-refractivity contribution in [1.29, 1.82) is 0 Å². The van der Waals surface area contributed by atoms with E-state index in [1.165, 1.54) is 29.7 Å². The zero-order chi connectivity index (χ0) is 14.7. The molecule has 2 aromatic rings. The van der Waals surface area contributed by atoms with Crippen LogP contribution in [0.25, 0.3) is 0 Å². The molecule has 3 heteroatoms. The fraction of sp³-hybridized carbons (Fsp3) is 0.389. The largest absolute Gasteiger partial charge is 0.345 e. The molecule has 0 radical (unpaired) electrons. The first kappa shape index (κ1) is 14.3. The monoisotopic (exact) mass is 299 g/mol. The maximum atomic E-state index is 12.4. The van der Waals surface area contributed by atoms with Crippen LogP contribution in [-0.4, -0.2) is 5.91 Å². The van der Waals surface area contributed by atoms with Crippen LogP contribution in [0.5, 0.6) is 0 Å². The van der Waals surface area contributed by atoms with Crippen molar-refractivity contribution in [3.8, 4) is 0 Å². The van der Waals surface area contributed by atoms with Crippen LogP contribution in [0, 0.1) is 0 Å². The molecule has 1 amide bonds. The minimum absolute atomic E-state index is 0.0422. The Labute approximate surface area is 130 Å². The van der Waals surface area contributed by atoms with E-state index >= 15 is 0 Å². The van der Waals surface area contributed by atoms with Gasteiger partial charge in [-0.2, -0.15) is 0 Å². The fourth-order valence-corrected chi connectivity index (χ4v) is 4.03. The highest BCUT2D eigenvalue weighted by Crippen LogP contribution is 2.29. The molecule has 3 rings (SSSR count). The standard InChI is InChI=1S/C18H21NOS/c1-13(14-8-4-2-5-9-14)19-18(20)17-12-15-10-6-3-7-11-16(15)21-17/h2,4-5,8-9,12-13H,3,6-7,10-11H2,1H3,(H,19,20)/t13-/m0/s1. The van der Waals surface area contributed by atoms with E-state index in [0.717, 1.165) is 23.3 Å². The number of fused-ring (bicyclic) bond motifs is 1. The Morgan fingerprint density at radius 3 is 2.71 bits per heavy atom. The number of nitrogens with one attached hydrogen (secondary N) is 1. The Morgan fingerprint density at radius 2 is 1.90 bits per heavy atom. The number of carbonyl (C=O) groups excluding carboxylic acids is 1. The molecule has 1 heterocycles. The highest BCUT2D eigenvalue weighted by atomic mass is 32.1. The summed E-state index contributed by atoms with van der Waals surface area (Å²) in [4.78, 5) is 14.7. The molecular formula is C18H21NOS. The predicted octanol–water partition coefficient (Wildman–Crippen LogP) is 4.51. The number of aryl methyl sites for hydroxylation is 2. The van der Waals surface area contributed by atoms with Gasteiger partial charge in [0.05, 0.1) is 10.9 Å². The first-order chi connectivity index (χ1) is 10.2. The lowest BCUT2D eigenvalue weighted by Crippen LogP contribution is -2.25. The van der Waals surface area contributed by atoms with E-state index in [4.69, 9.17) is 0 Å². The van der Waals surface area contributed by atoms with E-state index in [-0.39, 0.29) is 11.9 Å². The van der Waals surface area contributed by atoms with Crippen LogP contribution in [-0.2, 0) is 12.8 Å². The molecule has 110 valence electrons. The van der Waals surface area contributed by atoms with Crippen molar-refractivity contribution in [3.63, 3.8) is 0 Å². The zero-order valence-electron chi connectivity index (χ0n) is 12.4. The average molecular weight is 299 g/mol. The maximum absolute atomic E-state index is 12.4. The summed E-state index contributed by atoms with van der Waals surface area (Å²) in [6, 6.07) is 12.3. The molecule has 0 bridgehead atoms. The van der Waals surface area contributed by atoms with Gasteiger partial charge in [0.25, 0.3) is 5.91 Å². The van der Waals surface area contributed by atoms with Crippen molar-refractivity contribution in [1.82, 2.24) is 5.32 Å². The first-order valence-electron chi connectivity index (χ1n) is 7.71. The topological polar surface area (TPSA) is 29.1 Å². The van der Waals surface area contributed by atoms with Gasteiger partial charge < -0.3 is 5.32 Å². The van der Waals surface area contributed by atoms with Crippen molar-refractivity contribution >= 4 is 17.2 Å². The Kier molecular flexibility index (Phi) is 4.39. The summed E-state index contributed by atoms with van der Waals surface area (Å²) in [6.07, 6.45) is 6.10. The molecule has 1 aromatic heterocycles. The molecule has 2 nitrogen and oxygen atoms in total. The molecule has 0 fully saturated rings. The molecule has 0 saturated heterocycles. The van der Waals surface area contributed by atoms with Crippen molar-refractivity contribution in [2.75, 3.05) is 0 Å². The summed E-state index contributed by atoms with van der Waals surface area (Å²) in [7, 11) is 0. The summed E-state index contributed by atoms with van der Waals surface area (Å²) >= 11 is 1.68. The van der Waals surface area contributed by atoms with Crippen LogP contribution in [0.15, 0.2) is 36.4 Å². The molecule has 0 aliphatic heterocycles. The molecule has 1 atom stereocenters. The smallest absolute Gasteiger partial charge is 0.261 e. The van der Waals surface area contributed by atoms with E-state index in [9.17, 15) is 4.79 Å². The maximum Gasteiger partial charge on any atom is 0.261 e. The van der Waals surface area contributed by atoms with Crippen molar-refractivity contribution in [2.45, 2.75) is 45.1 Å². The normalized spacial score (nSPS) is 15.9. The second kappa shape index (κ2) is 6.44. The number of hydrogen-bond acceptors (Lipinski definition) is 2. The molecule has 0 unspecified atom stereocenters. The van der Waals surface area contributed by atoms with Gasteiger partial charge >= 0.3 is 0 Å². The van der Waals surface area contributed by atoms with Gasteiger partial charge in [-0.15, -0.1) is 11.3 Å². The number of hydrogen-bond donors (Lipinski definition) is 1. The molecule has 0 saturated carbocycles. The lowest BCUT2D eigenvalue weighted by molar-refractivity contribution is 0.0944. The number of rotatable bonds is 3. The number of benzene rings is 1. The molecule has 0 spiro atoms. The minimum Gasteiger partial charge on any atom is -0.345 e. The highest BCUT2D eigenvalue weighted by molar-refractivity contribution is 7.14. The molecule has 21 heavy (non-hydrogen) atoms. The minimum atomic E-state index is 0.0422. The second-order valence-corrected chi connectivity index (χ2v) is 6.86. The van der Waals surface area contributed by atoms with E-state index in [2.05, 4.69) is 23.5 Å². The summed E-state index contributed by atoms with van der Waals surface area (Å²) in [5, 5.41) is 3.11. The Balaban J connectivity index is 1.71. The first-order valence-corrected chi connectivity index (χ1v) is 8.53. The van der Waals surface area contributed by atoms with Crippen LogP contribution in [0.1, 0.15) is 57.9 Å². The summed E-state index contributed by atoms with van der Waals surface area (Å²) in [5.74, 6) is 0.0597. The van der Waals surface area contributed by atoms with E-state index in [0.29, 0.717) is 0 Å². The van der Waals surface area contributed by atoms with Gasteiger partial charge in [0.2, 0.25) is 0 Å². The number of amides is 1. The van der Waals surface area contributed by atoms with Crippen molar-refractivity contribution < 1.29 is 4.79 Å². The molecule has 1 aromatic carbocycles. The summed E-state index contributed by atoms with van der Waals surface area (Å²) in [6.45, 7) is 2.03. The van der Waals surface area contributed by atoms with Crippen molar-refractivity contribution in [3.05, 3.63) is 57.3 Å². The van der Waals surface area contributed by atoms with Crippen LogP contribution in [0.3, 0.4) is 0 Å². The van der Waals surface area contributed by atoms with Crippen LogP contribution >= 0.6 is 11.3 Å². The SMILES string of the molecule is C[C@H](NC(=O)c1cc2c(s1)CCCCC2)c1ccccc1. The third-order valence-corrected chi connectivity index (χ3v) is 5.35. The van der Waals surface area contributed by atoms with E-state index < -0.39 is 0 Å². The average Bonchev–Trinajstić information content (AvgIpc) is 2.79. The molecular weight excluding hydrogens is 278 g/mol. The predicted molar refractivity (Wildman–Crippen MR) is 87.9 cm³/mol. The van der Waals surface area contributed by atoms with Gasteiger partial charge in [-0.25, -0.2) is 0 Å². The van der Waals surface area contributed by atoms with Gasteiger partial charge in [-0.05, 0) is 49.8 Å².